The molecule has 3 unspecified atom stereocenters. The average Bonchev–Trinajstić information content (AvgIpc) is 3.37. The van der Waals surface area contributed by atoms with Crippen LogP contribution in [0.2, 0.25) is 0 Å². The van der Waals surface area contributed by atoms with Gasteiger partial charge in [0.2, 0.25) is 0 Å². The van der Waals surface area contributed by atoms with E-state index in [9.17, 15) is 28.5 Å². The fraction of sp³-hybridized carbons (Fsp3) is 0.704. The third-order valence-electron chi connectivity index (χ3n) is 8.57. The van der Waals surface area contributed by atoms with Crippen LogP contribution in [-0.4, -0.2) is 39.3 Å². The van der Waals surface area contributed by atoms with Crippen molar-refractivity contribution >= 4 is 0 Å². The number of hydrogen-bond donors (Lipinski definition) is 3. The number of aliphatic hydroxyl groups excluding tert-OH is 2. The Bertz CT molecular complexity index is 864. The van der Waals surface area contributed by atoms with Crippen molar-refractivity contribution in [3.05, 3.63) is 47.1 Å². The van der Waals surface area contributed by atoms with Crippen LogP contribution in [0.25, 0.3) is 0 Å². The van der Waals surface area contributed by atoms with Crippen molar-refractivity contribution in [3.63, 3.8) is 0 Å². The van der Waals surface area contributed by atoms with Crippen LogP contribution in [0.1, 0.15) is 78.1 Å². The van der Waals surface area contributed by atoms with Gasteiger partial charge in [-0.2, -0.15) is 13.2 Å². The van der Waals surface area contributed by atoms with E-state index in [-0.39, 0.29) is 10.8 Å². The SMILES string of the molecule is CC(O)(/C=C/CC1(C2=CCC3/C(=C/C=C4CC(O)C[C@H](O)C4)CCC[C@]23C)CC1)C(F)(F)F. The summed E-state index contributed by atoms with van der Waals surface area (Å²) in [6.45, 7) is 3.12. The normalized spacial score (nSPS) is 38.4. The summed E-state index contributed by atoms with van der Waals surface area (Å²) in [4.78, 5) is 0. The van der Waals surface area contributed by atoms with Gasteiger partial charge in [-0.15, -0.1) is 0 Å². The van der Waals surface area contributed by atoms with Crippen molar-refractivity contribution in [3.8, 4) is 0 Å². The van der Waals surface area contributed by atoms with E-state index in [2.05, 4.69) is 25.2 Å². The lowest BCUT2D eigenvalue weighted by atomic mass is 9.61. The van der Waals surface area contributed by atoms with E-state index < -0.39 is 24.0 Å². The van der Waals surface area contributed by atoms with Crippen molar-refractivity contribution in [1.82, 2.24) is 0 Å². The number of halogens is 3. The highest BCUT2D eigenvalue weighted by molar-refractivity contribution is 5.40. The van der Waals surface area contributed by atoms with Crippen molar-refractivity contribution in [1.29, 1.82) is 0 Å². The summed E-state index contributed by atoms with van der Waals surface area (Å²) >= 11 is 0. The van der Waals surface area contributed by atoms with Gasteiger partial charge < -0.3 is 15.3 Å². The number of alkyl halides is 3. The van der Waals surface area contributed by atoms with Gasteiger partial charge in [0.05, 0.1) is 12.2 Å². The first-order valence-electron chi connectivity index (χ1n) is 12.3. The Kier molecular flexibility index (Phi) is 6.52. The van der Waals surface area contributed by atoms with Crippen molar-refractivity contribution in [2.45, 2.75) is 102 Å². The van der Waals surface area contributed by atoms with Gasteiger partial charge in [0.25, 0.3) is 0 Å². The van der Waals surface area contributed by atoms with Gasteiger partial charge in [-0.05, 0) is 94.0 Å². The highest BCUT2D eigenvalue weighted by atomic mass is 19.4. The molecule has 0 aliphatic heterocycles. The molecule has 4 rings (SSSR count). The lowest BCUT2D eigenvalue weighted by molar-refractivity contribution is -0.232. The molecule has 4 aliphatic carbocycles. The van der Waals surface area contributed by atoms with Crippen LogP contribution in [0.15, 0.2) is 47.1 Å². The molecule has 3 fully saturated rings. The smallest absolute Gasteiger partial charge is 0.393 e. The number of rotatable bonds is 5. The zero-order valence-electron chi connectivity index (χ0n) is 19.7. The maximum Gasteiger partial charge on any atom is 0.420 e. The van der Waals surface area contributed by atoms with Crippen LogP contribution in [-0.2, 0) is 0 Å². The maximum atomic E-state index is 13.0. The van der Waals surface area contributed by atoms with Gasteiger partial charge in [0, 0.05) is 0 Å². The Hall–Kier alpha value is -1.37. The molecular formula is C27H37F3O3. The summed E-state index contributed by atoms with van der Waals surface area (Å²) in [6.07, 6.45) is 11.8. The molecule has 0 aromatic heterocycles. The van der Waals surface area contributed by atoms with Crippen molar-refractivity contribution < 1.29 is 28.5 Å². The number of allylic oxidation sites excluding steroid dienone is 6. The molecule has 0 amide bonds. The monoisotopic (exact) mass is 466 g/mol. The van der Waals surface area contributed by atoms with Gasteiger partial charge >= 0.3 is 6.18 Å². The predicted molar refractivity (Wildman–Crippen MR) is 122 cm³/mol. The fourth-order valence-electron chi connectivity index (χ4n) is 6.51. The Labute approximate surface area is 194 Å². The first-order valence-corrected chi connectivity index (χ1v) is 12.3. The second-order valence-electron chi connectivity index (χ2n) is 11.2. The van der Waals surface area contributed by atoms with E-state index in [1.807, 2.05) is 0 Å². The number of hydrogen-bond acceptors (Lipinski definition) is 3. The molecule has 0 spiro atoms. The predicted octanol–water partition coefficient (Wildman–Crippen LogP) is 5.92. The fourth-order valence-corrected chi connectivity index (χ4v) is 6.51. The van der Waals surface area contributed by atoms with E-state index in [0.717, 1.165) is 57.1 Å². The molecule has 0 aromatic carbocycles. The van der Waals surface area contributed by atoms with Gasteiger partial charge in [-0.1, -0.05) is 47.9 Å². The largest absolute Gasteiger partial charge is 0.420 e. The van der Waals surface area contributed by atoms with Gasteiger partial charge in [0.15, 0.2) is 5.60 Å². The maximum absolute atomic E-state index is 13.0. The van der Waals surface area contributed by atoms with E-state index in [4.69, 9.17) is 0 Å². The molecule has 184 valence electrons. The molecule has 33 heavy (non-hydrogen) atoms. The lowest BCUT2D eigenvalue weighted by Crippen LogP contribution is -2.40. The van der Waals surface area contributed by atoms with E-state index in [1.54, 1.807) is 0 Å². The summed E-state index contributed by atoms with van der Waals surface area (Å²) in [5.41, 5.74) is 1.05. The molecule has 4 aliphatic rings. The molecule has 3 nitrogen and oxygen atoms in total. The Morgan fingerprint density at radius 2 is 1.76 bits per heavy atom. The Morgan fingerprint density at radius 1 is 1.09 bits per heavy atom. The van der Waals surface area contributed by atoms with Crippen LogP contribution in [0.3, 0.4) is 0 Å². The molecule has 3 N–H and O–H groups in total. The van der Waals surface area contributed by atoms with Crippen LogP contribution in [0.5, 0.6) is 0 Å². The number of aliphatic hydroxyl groups is 3. The van der Waals surface area contributed by atoms with E-state index in [0.29, 0.717) is 31.6 Å². The molecule has 0 heterocycles. The number of fused-ring (bicyclic) bond motifs is 1. The first-order chi connectivity index (χ1) is 15.4. The van der Waals surface area contributed by atoms with Crippen LogP contribution in [0.4, 0.5) is 13.2 Å². The third kappa shape index (κ3) is 4.89. The van der Waals surface area contributed by atoms with Crippen LogP contribution < -0.4 is 0 Å². The summed E-state index contributed by atoms with van der Waals surface area (Å²) < 4.78 is 39.0. The lowest BCUT2D eigenvalue weighted by Gasteiger charge is -2.43. The third-order valence-corrected chi connectivity index (χ3v) is 8.57. The minimum absolute atomic E-state index is 0.0189. The molecule has 0 aromatic rings. The topological polar surface area (TPSA) is 60.7 Å². The molecule has 5 atom stereocenters. The van der Waals surface area contributed by atoms with Crippen molar-refractivity contribution in [2.24, 2.45) is 16.7 Å². The Morgan fingerprint density at radius 3 is 2.36 bits per heavy atom. The van der Waals surface area contributed by atoms with Gasteiger partial charge in [0.1, 0.15) is 0 Å². The first kappa shape index (κ1) is 24.7. The van der Waals surface area contributed by atoms with Crippen LogP contribution in [0, 0.1) is 16.7 Å². The average molecular weight is 467 g/mol. The van der Waals surface area contributed by atoms with Crippen LogP contribution >= 0.6 is 0 Å². The summed E-state index contributed by atoms with van der Waals surface area (Å²) in [5.74, 6) is 0.399. The quantitative estimate of drug-likeness (QED) is 0.441. The summed E-state index contributed by atoms with van der Waals surface area (Å²) in [5, 5.41) is 29.7. The van der Waals surface area contributed by atoms with Gasteiger partial charge in [-0.3, -0.25) is 0 Å². The standard InChI is InChI=1S/C27H37F3O3/c1-24-10-3-5-19(7-6-18-15-20(31)17-21(32)16-18)22(24)8-9-23(24)26(13-14-26)12-4-11-25(2,33)27(28,29)30/h4,6-7,9,11,20-22,31-33H,3,5,8,10,12-17H2,1-2H3/b11-4+,18-6?,19-7+/t20-,21?,22?,24+,25?/m1/s1. The molecular weight excluding hydrogens is 429 g/mol. The molecule has 3 saturated carbocycles. The zero-order valence-corrected chi connectivity index (χ0v) is 19.7. The minimum Gasteiger partial charge on any atom is -0.393 e. The highest BCUT2D eigenvalue weighted by Crippen LogP contribution is 2.67. The van der Waals surface area contributed by atoms with E-state index in [1.165, 1.54) is 17.2 Å². The zero-order chi connectivity index (χ0) is 24.1. The molecule has 0 bridgehead atoms. The van der Waals surface area contributed by atoms with Gasteiger partial charge in [-0.25, -0.2) is 0 Å². The summed E-state index contributed by atoms with van der Waals surface area (Å²) in [7, 11) is 0. The highest BCUT2D eigenvalue weighted by Gasteiger charge is 2.56. The van der Waals surface area contributed by atoms with Crippen molar-refractivity contribution in [2.75, 3.05) is 0 Å². The molecule has 0 radical (unpaired) electrons. The second-order valence-corrected chi connectivity index (χ2v) is 11.2. The molecule has 0 saturated heterocycles. The Balaban J connectivity index is 1.49. The van der Waals surface area contributed by atoms with E-state index >= 15 is 0 Å². The summed E-state index contributed by atoms with van der Waals surface area (Å²) in [6, 6.07) is 0. The minimum atomic E-state index is -4.67. The second kappa shape index (κ2) is 8.69. The molecule has 6 heteroatoms.